The van der Waals surface area contributed by atoms with Crippen molar-refractivity contribution in [3.05, 3.63) is 0 Å². The summed E-state index contributed by atoms with van der Waals surface area (Å²) >= 11 is 0. The van der Waals surface area contributed by atoms with Crippen LogP contribution in [0.4, 0.5) is 0 Å². The van der Waals surface area contributed by atoms with Crippen molar-refractivity contribution in [2.45, 2.75) is 0 Å². The van der Waals surface area contributed by atoms with E-state index < -0.39 is 14.6 Å². The topological polar surface area (TPSA) is 354 Å². The predicted octanol–water partition coefficient (Wildman–Crippen LogP) is -9.68. The van der Waals surface area contributed by atoms with E-state index in [2.05, 4.69) is 13.7 Å². The van der Waals surface area contributed by atoms with Crippen LogP contribution in [0.1, 0.15) is 0 Å². The molecule has 0 aliphatic rings. The van der Waals surface area contributed by atoms with Crippen LogP contribution in [0.5, 0.6) is 0 Å². The minimum absolute atomic E-state index is 0. The first-order valence-electron chi connectivity index (χ1n) is 2.40. The fraction of sp³-hybridized carbons (Fsp3) is 0. The summed E-state index contributed by atoms with van der Waals surface area (Å²) in [4.78, 5) is 0. The zero-order chi connectivity index (χ0) is 8.69. The molecule has 0 aromatic heterocycles. The Morgan fingerprint density at radius 3 is 1.00 bits per heavy atom. The van der Waals surface area contributed by atoms with Gasteiger partial charge in [0.25, 0.3) is 0 Å². The minimum atomic E-state index is -1.96. The molecule has 0 aliphatic carbocycles. The van der Waals surface area contributed by atoms with Crippen LogP contribution in [-0.4, -0.2) is 83.2 Å². The van der Waals surface area contributed by atoms with E-state index in [0.29, 0.717) is 0 Å². The van der Waals surface area contributed by atoms with Crippen LogP contribution < -0.4 is 0 Å². The van der Waals surface area contributed by atoms with Crippen molar-refractivity contribution in [3.63, 3.8) is 0 Å². The average molecular weight is 301 g/mol. The molecular formula is H18B4O15. The molecule has 19 heteroatoms. The quantitative estimate of drug-likeness (QED) is 0.445. The Labute approximate surface area is 107 Å². The van der Waals surface area contributed by atoms with Gasteiger partial charge in [0.1, 0.15) is 0 Å². The molecule has 18 N–H and O–H groups in total. The van der Waals surface area contributed by atoms with E-state index >= 15 is 0 Å². The van der Waals surface area contributed by atoms with E-state index in [4.69, 9.17) is 10.0 Å². The van der Waals surface area contributed by atoms with E-state index in [-0.39, 0.29) is 58.5 Å². The van der Waals surface area contributed by atoms with E-state index in [9.17, 15) is 9.41 Å². The molecule has 0 spiro atoms. The van der Waals surface area contributed by atoms with Gasteiger partial charge in [-0.2, -0.15) is 0 Å². The third-order valence-electron chi connectivity index (χ3n) is 0.577. The van der Waals surface area contributed by atoms with Gasteiger partial charge in [-0.15, -0.1) is 0 Å². The van der Waals surface area contributed by atoms with Gasteiger partial charge in [-0.1, -0.05) is 0 Å². The fourth-order valence-electron chi connectivity index (χ4n) is 0.259. The summed E-state index contributed by atoms with van der Waals surface area (Å²) < 4.78 is 30.4. The van der Waals surface area contributed by atoms with Gasteiger partial charge in [0.15, 0.2) is 0 Å². The molecule has 19 heavy (non-hydrogen) atoms. The third-order valence-corrected chi connectivity index (χ3v) is 0.577. The Morgan fingerprint density at radius 1 is 0.632 bits per heavy atom. The monoisotopic (exact) mass is 302 g/mol. The Morgan fingerprint density at radius 2 is 0.842 bits per heavy atom. The molecule has 0 unspecified atom stereocenters. The molecule has 0 atom stereocenters. The SMILES string of the molecule is O.O.O.O.O.O.O.O.O=BOB(O)OB(O)OB=O. The molecule has 0 heterocycles. The Balaban J connectivity index is -0.0000000179. The molecular weight excluding hydrogens is 283 g/mol. The summed E-state index contributed by atoms with van der Waals surface area (Å²) in [6.07, 6.45) is 0. The second-order valence-corrected chi connectivity index (χ2v) is 1.21. The first-order valence-corrected chi connectivity index (χ1v) is 2.40. The normalized spacial score (nSPS) is 4.32. The van der Waals surface area contributed by atoms with Crippen LogP contribution in [0.3, 0.4) is 0 Å². The van der Waals surface area contributed by atoms with Crippen molar-refractivity contribution in [2.24, 2.45) is 0 Å². The van der Waals surface area contributed by atoms with Crippen LogP contribution in [0, 0.1) is 0 Å². The van der Waals surface area contributed by atoms with E-state index in [1.54, 1.807) is 0 Å². The van der Waals surface area contributed by atoms with Gasteiger partial charge in [-0.25, -0.2) is 0 Å². The van der Waals surface area contributed by atoms with Crippen LogP contribution >= 0.6 is 0 Å². The zero-order valence-electron chi connectivity index (χ0n) is 9.25. The molecule has 0 aromatic carbocycles. The molecule has 0 bridgehead atoms. The second kappa shape index (κ2) is 43.5. The Kier molecular flexibility index (Phi) is 147. The van der Waals surface area contributed by atoms with Gasteiger partial charge in [-0.3, -0.25) is 0 Å². The molecule has 0 amide bonds. The first kappa shape index (κ1) is 64.2. The fourth-order valence-corrected chi connectivity index (χ4v) is 0.259. The summed E-state index contributed by atoms with van der Waals surface area (Å²) in [5, 5.41) is 16.8. The van der Waals surface area contributed by atoms with Gasteiger partial charge in [-0.05, 0) is 0 Å². The van der Waals surface area contributed by atoms with E-state index in [1.807, 2.05) is 0 Å². The van der Waals surface area contributed by atoms with Gasteiger partial charge >= 0.3 is 62.5 Å². The Bertz CT molecular complexity index is 113. The molecule has 0 radical (unpaired) electrons. The van der Waals surface area contributed by atoms with Crippen molar-refractivity contribution < 1.29 is 77.0 Å². The van der Waals surface area contributed by atoms with Crippen molar-refractivity contribution in [3.8, 4) is 0 Å². The maximum atomic E-state index is 9.50. The van der Waals surface area contributed by atoms with Crippen LogP contribution in [0.25, 0.3) is 0 Å². The number of hydrogen-bond donors (Lipinski definition) is 2. The zero-order valence-corrected chi connectivity index (χ0v) is 9.25. The summed E-state index contributed by atoms with van der Waals surface area (Å²) in [6.45, 7) is 0. The summed E-state index contributed by atoms with van der Waals surface area (Å²) in [7, 11) is -4.11. The molecule has 0 aliphatic heterocycles. The van der Waals surface area contributed by atoms with Gasteiger partial charge in [0, 0.05) is 0 Å². The second-order valence-electron chi connectivity index (χ2n) is 1.21. The van der Waals surface area contributed by atoms with Gasteiger partial charge in [0.2, 0.25) is 0 Å². The maximum absolute atomic E-state index is 9.50. The summed E-state index contributed by atoms with van der Waals surface area (Å²) in [5.41, 5.74) is 0. The van der Waals surface area contributed by atoms with Gasteiger partial charge < -0.3 is 43.8 Å². The van der Waals surface area contributed by atoms with Crippen molar-refractivity contribution >= 4 is 29.3 Å². The summed E-state index contributed by atoms with van der Waals surface area (Å²) in [6, 6.07) is 0. The molecule has 0 saturated carbocycles. The Hall–Kier alpha value is -0.980. The van der Waals surface area contributed by atoms with E-state index in [0.717, 1.165) is 0 Å². The molecule has 15 nitrogen and oxygen atoms in total. The molecule has 120 valence electrons. The average Bonchev–Trinajstić information content (AvgIpc) is 1.87. The molecule has 0 saturated heterocycles. The van der Waals surface area contributed by atoms with Crippen molar-refractivity contribution in [1.29, 1.82) is 0 Å². The number of rotatable bonds is 6. The molecule has 0 aromatic rings. The van der Waals surface area contributed by atoms with Crippen molar-refractivity contribution in [1.82, 2.24) is 0 Å². The third kappa shape index (κ3) is 47.2. The van der Waals surface area contributed by atoms with Crippen LogP contribution in [0.2, 0.25) is 0 Å². The standard InChI is InChI=1S/B4H2O7.8H2O/c5-1-9-3(7)11-4(8)10-2-6;;;;;;;;/h7-8H;8*1H2. The van der Waals surface area contributed by atoms with Gasteiger partial charge in [0.05, 0.1) is 0 Å². The molecule has 0 fully saturated rings. The van der Waals surface area contributed by atoms with E-state index in [1.165, 1.54) is 0 Å². The predicted molar refractivity (Wildman–Crippen MR) is 61.0 cm³/mol. The number of hydrogen-bond acceptors (Lipinski definition) is 7. The summed E-state index contributed by atoms with van der Waals surface area (Å²) in [5.74, 6) is 0. The van der Waals surface area contributed by atoms with Crippen molar-refractivity contribution in [2.75, 3.05) is 0 Å². The molecule has 0 rings (SSSR count). The van der Waals surface area contributed by atoms with Crippen LogP contribution in [-0.2, 0) is 23.1 Å². The van der Waals surface area contributed by atoms with Crippen LogP contribution in [0.15, 0.2) is 0 Å². The first-order chi connectivity index (χ1) is 5.20.